The zero-order chi connectivity index (χ0) is 27.0. The van der Waals surface area contributed by atoms with Gasteiger partial charge in [0.1, 0.15) is 5.60 Å². The van der Waals surface area contributed by atoms with Gasteiger partial charge in [-0.1, -0.05) is 142 Å². The summed E-state index contributed by atoms with van der Waals surface area (Å²) < 4.78 is 5.53. The number of unbranched alkanes of at least 4 members (excludes halogenated alkanes) is 19. The average molecular weight is 524 g/mol. The molecule has 0 saturated carbocycles. The molecule has 0 amide bonds. The third kappa shape index (κ3) is 16.3. The maximum absolute atomic E-state index is 13.4. The SMILES string of the molecule is CCCCCCCCCCCCCCC(O)(C(=O)CCCCCCCCCCC)C(C)N1CCOCC1. The van der Waals surface area contributed by atoms with E-state index < -0.39 is 5.60 Å². The summed E-state index contributed by atoms with van der Waals surface area (Å²) in [4.78, 5) is 15.7. The molecule has 2 unspecified atom stereocenters. The molecule has 2 atom stereocenters. The van der Waals surface area contributed by atoms with Crippen molar-refractivity contribution in [2.24, 2.45) is 0 Å². The number of carbonyl (C=O) groups is 1. The fourth-order valence-electron chi connectivity index (χ4n) is 5.90. The third-order valence-corrected chi connectivity index (χ3v) is 8.69. The highest BCUT2D eigenvalue weighted by atomic mass is 16.5. The Balaban J connectivity index is 2.33. The van der Waals surface area contributed by atoms with Crippen molar-refractivity contribution in [3.8, 4) is 0 Å². The Hall–Kier alpha value is -0.450. The first-order chi connectivity index (χ1) is 18.1. The van der Waals surface area contributed by atoms with Crippen LogP contribution in [-0.2, 0) is 9.53 Å². The van der Waals surface area contributed by atoms with Gasteiger partial charge < -0.3 is 9.84 Å². The molecule has 220 valence electrons. The van der Waals surface area contributed by atoms with Crippen LogP contribution in [0, 0.1) is 0 Å². The standard InChI is InChI=1S/C33H65NO3/c1-4-6-8-10-12-14-15-16-18-20-22-24-26-33(36,31(3)34-27-29-37-30-28-34)32(35)25-23-21-19-17-13-11-9-7-5-2/h31,36H,4-30H2,1-3H3. The smallest absolute Gasteiger partial charge is 0.165 e. The summed E-state index contributed by atoms with van der Waals surface area (Å²) >= 11 is 0. The molecule has 0 aliphatic carbocycles. The quantitative estimate of drug-likeness (QED) is 0.115. The van der Waals surface area contributed by atoms with E-state index >= 15 is 0 Å². The van der Waals surface area contributed by atoms with Gasteiger partial charge in [0.25, 0.3) is 0 Å². The molecule has 1 N–H and O–H groups in total. The summed E-state index contributed by atoms with van der Waals surface area (Å²) in [6, 6.07) is -0.129. The molecule has 1 aliphatic heterocycles. The Morgan fingerprint density at radius 1 is 0.676 bits per heavy atom. The molecule has 37 heavy (non-hydrogen) atoms. The van der Waals surface area contributed by atoms with Gasteiger partial charge in [0, 0.05) is 25.6 Å². The average Bonchev–Trinajstić information content (AvgIpc) is 2.92. The highest BCUT2D eigenvalue weighted by molar-refractivity contribution is 5.87. The van der Waals surface area contributed by atoms with Gasteiger partial charge in [-0.15, -0.1) is 0 Å². The van der Waals surface area contributed by atoms with Gasteiger partial charge in [0.2, 0.25) is 0 Å². The Labute approximate surface area is 231 Å². The highest BCUT2D eigenvalue weighted by Crippen LogP contribution is 2.28. The van der Waals surface area contributed by atoms with Crippen LogP contribution >= 0.6 is 0 Å². The number of ketones is 1. The Morgan fingerprint density at radius 2 is 1.05 bits per heavy atom. The zero-order valence-corrected chi connectivity index (χ0v) is 25.4. The van der Waals surface area contributed by atoms with Crippen LogP contribution in [0.25, 0.3) is 0 Å². The van der Waals surface area contributed by atoms with Crippen LogP contribution in [0.5, 0.6) is 0 Å². The van der Waals surface area contributed by atoms with E-state index in [0.29, 0.717) is 26.1 Å². The summed E-state index contributed by atoms with van der Waals surface area (Å²) in [5, 5.41) is 11.8. The minimum absolute atomic E-state index is 0.0810. The van der Waals surface area contributed by atoms with E-state index in [9.17, 15) is 9.90 Å². The molecule has 4 nitrogen and oxygen atoms in total. The molecule has 0 aromatic rings. The van der Waals surface area contributed by atoms with Gasteiger partial charge in [0.15, 0.2) is 5.78 Å². The van der Waals surface area contributed by atoms with Crippen molar-refractivity contribution in [2.45, 2.75) is 180 Å². The van der Waals surface area contributed by atoms with Crippen molar-refractivity contribution in [1.29, 1.82) is 0 Å². The largest absolute Gasteiger partial charge is 0.380 e. The van der Waals surface area contributed by atoms with Gasteiger partial charge in [0.05, 0.1) is 13.2 Å². The molecule has 1 aliphatic rings. The lowest BCUT2D eigenvalue weighted by molar-refractivity contribution is -0.148. The van der Waals surface area contributed by atoms with Crippen LogP contribution in [0.15, 0.2) is 0 Å². The lowest BCUT2D eigenvalue weighted by Gasteiger charge is -2.41. The number of morpholine rings is 1. The predicted octanol–water partition coefficient (Wildman–Crippen LogP) is 9.02. The maximum atomic E-state index is 13.4. The van der Waals surface area contributed by atoms with Crippen LogP contribution in [-0.4, -0.2) is 53.7 Å². The van der Waals surface area contributed by atoms with Crippen LogP contribution < -0.4 is 0 Å². The molecule has 0 spiro atoms. The summed E-state index contributed by atoms with van der Waals surface area (Å²) in [7, 11) is 0. The molecule has 0 radical (unpaired) electrons. The molecule has 0 aromatic carbocycles. The maximum Gasteiger partial charge on any atom is 0.165 e. The number of ether oxygens (including phenoxy) is 1. The lowest BCUT2D eigenvalue weighted by Crippen LogP contribution is -2.58. The normalized spacial score (nSPS) is 17.1. The molecule has 1 heterocycles. The number of rotatable bonds is 26. The number of carbonyl (C=O) groups excluding carboxylic acids is 1. The first-order valence-electron chi connectivity index (χ1n) is 16.6. The van der Waals surface area contributed by atoms with E-state index in [1.807, 2.05) is 0 Å². The Morgan fingerprint density at radius 3 is 1.49 bits per heavy atom. The van der Waals surface area contributed by atoms with Crippen molar-refractivity contribution in [3.63, 3.8) is 0 Å². The van der Waals surface area contributed by atoms with Gasteiger partial charge in [-0.05, 0) is 19.8 Å². The monoisotopic (exact) mass is 523 g/mol. The summed E-state index contributed by atoms with van der Waals surface area (Å²) in [5.74, 6) is 0.0810. The van der Waals surface area contributed by atoms with E-state index in [1.54, 1.807) is 0 Å². The lowest BCUT2D eigenvalue weighted by atomic mass is 9.82. The second-order valence-corrected chi connectivity index (χ2v) is 11.9. The predicted molar refractivity (Wildman–Crippen MR) is 159 cm³/mol. The number of nitrogens with zero attached hydrogens (tertiary/aromatic N) is 1. The topological polar surface area (TPSA) is 49.8 Å². The van der Waals surface area contributed by atoms with E-state index in [4.69, 9.17) is 4.74 Å². The Bertz CT molecular complexity index is 520. The van der Waals surface area contributed by atoms with Crippen LogP contribution in [0.3, 0.4) is 0 Å². The minimum Gasteiger partial charge on any atom is -0.380 e. The van der Waals surface area contributed by atoms with Crippen LogP contribution in [0.4, 0.5) is 0 Å². The zero-order valence-electron chi connectivity index (χ0n) is 25.4. The van der Waals surface area contributed by atoms with E-state index in [2.05, 4.69) is 25.7 Å². The molecule has 1 saturated heterocycles. The molecular weight excluding hydrogens is 458 g/mol. The fraction of sp³-hybridized carbons (Fsp3) is 0.970. The van der Waals surface area contributed by atoms with Gasteiger partial charge in [-0.3, -0.25) is 9.69 Å². The second kappa shape index (κ2) is 23.4. The van der Waals surface area contributed by atoms with Gasteiger partial charge in [-0.25, -0.2) is 0 Å². The second-order valence-electron chi connectivity index (χ2n) is 11.9. The molecular formula is C33H65NO3. The molecule has 1 fully saturated rings. The van der Waals surface area contributed by atoms with Crippen molar-refractivity contribution in [3.05, 3.63) is 0 Å². The van der Waals surface area contributed by atoms with Crippen LogP contribution in [0.2, 0.25) is 0 Å². The van der Waals surface area contributed by atoms with Gasteiger partial charge in [-0.2, -0.15) is 0 Å². The van der Waals surface area contributed by atoms with Crippen molar-refractivity contribution in [2.75, 3.05) is 26.3 Å². The fourth-order valence-corrected chi connectivity index (χ4v) is 5.90. The molecule has 0 bridgehead atoms. The van der Waals surface area contributed by atoms with Gasteiger partial charge >= 0.3 is 0 Å². The summed E-state index contributed by atoms with van der Waals surface area (Å²) in [6.07, 6.45) is 27.9. The first-order valence-corrected chi connectivity index (χ1v) is 16.6. The van der Waals surface area contributed by atoms with Crippen LogP contribution in [0.1, 0.15) is 168 Å². The third-order valence-electron chi connectivity index (χ3n) is 8.69. The number of hydrogen-bond donors (Lipinski definition) is 1. The molecule has 4 heteroatoms. The van der Waals surface area contributed by atoms with Crippen molar-refractivity contribution < 1.29 is 14.6 Å². The number of aliphatic hydroxyl groups is 1. The number of Topliss-reactive ketones (excluding diaryl/α,β-unsaturated/α-hetero) is 1. The summed E-state index contributed by atoms with van der Waals surface area (Å²) in [5.41, 5.74) is -1.21. The van der Waals surface area contributed by atoms with Crippen molar-refractivity contribution >= 4 is 5.78 Å². The van der Waals surface area contributed by atoms with E-state index in [-0.39, 0.29) is 11.8 Å². The molecule has 0 aromatic heterocycles. The number of hydrogen-bond acceptors (Lipinski definition) is 4. The van der Waals surface area contributed by atoms with Crippen molar-refractivity contribution in [1.82, 2.24) is 4.90 Å². The van der Waals surface area contributed by atoms with E-state index in [1.165, 1.54) is 109 Å². The highest BCUT2D eigenvalue weighted by Gasteiger charge is 2.43. The summed E-state index contributed by atoms with van der Waals surface area (Å²) in [6.45, 7) is 9.63. The minimum atomic E-state index is -1.21. The molecule has 1 rings (SSSR count). The Kier molecular flexibility index (Phi) is 21.9. The van der Waals surface area contributed by atoms with E-state index in [0.717, 1.165) is 38.8 Å². The first kappa shape index (κ1) is 34.6.